The van der Waals surface area contributed by atoms with Gasteiger partial charge in [-0.2, -0.15) is 18.4 Å². The zero-order valence-electron chi connectivity index (χ0n) is 26.3. The highest BCUT2D eigenvalue weighted by molar-refractivity contribution is 7.88. The predicted octanol–water partition coefficient (Wildman–Crippen LogP) is 5.48. The van der Waals surface area contributed by atoms with E-state index in [4.69, 9.17) is 0 Å². The summed E-state index contributed by atoms with van der Waals surface area (Å²) < 4.78 is 54.8. The lowest BCUT2D eigenvalue weighted by Crippen LogP contribution is -2.49. The molecule has 46 heavy (non-hydrogen) atoms. The average molecular weight is 673 g/mol. The number of nitriles is 1. The van der Waals surface area contributed by atoms with Crippen LogP contribution in [0.1, 0.15) is 47.5 Å². The Morgan fingerprint density at radius 3 is 2.50 bits per heavy atom. The van der Waals surface area contributed by atoms with Gasteiger partial charge >= 0.3 is 6.18 Å². The highest BCUT2D eigenvalue weighted by Gasteiger charge is 2.30. The zero-order chi connectivity index (χ0) is 32.6. The van der Waals surface area contributed by atoms with Crippen LogP contribution in [-0.2, 0) is 24.3 Å². The largest absolute Gasteiger partial charge is 0.598 e. The van der Waals surface area contributed by atoms with Gasteiger partial charge in [-0.25, -0.2) is 9.97 Å². The van der Waals surface area contributed by atoms with Gasteiger partial charge in [0, 0.05) is 78.5 Å². The van der Waals surface area contributed by atoms with E-state index in [9.17, 15) is 23.0 Å². The summed E-state index contributed by atoms with van der Waals surface area (Å²) in [6, 6.07) is 10.6. The van der Waals surface area contributed by atoms with Gasteiger partial charge in [0.25, 0.3) is 0 Å². The standard InChI is InChI=1S/C32H39F3N8OS2/c1-21(18-41-10-12-42(13-11-41)46(3)44)43-25(17-36)14-27-22(2)23(4-5-29(27)43)19-40-8-6-24(7-9-40)39-30-28-15-26(16-32(33,34)35)45-31(28)38-20-37-30/h4-5,14-15,20-21,24H,6-13,16,18-19H2,1-3H3,(H,37,38,39). The molecule has 3 aromatic heterocycles. The number of thiophene rings is 1. The van der Waals surface area contributed by atoms with Crippen molar-refractivity contribution in [2.45, 2.75) is 57.9 Å². The molecule has 1 N–H and O–H groups in total. The molecule has 0 radical (unpaired) electrons. The lowest BCUT2D eigenvalue weighted by molar-refractivity contribution is -0.126. The summed E-state index contributed by atoms with van der Waals surface area (Å²) >= 11 is 0.126. The molecule has 1 aromatic carbocycles. The first-order chi connectivity index (χ1) is 22.0. The second-order valence-electron chi connectivity index (χ2n) is 12.4. The van der Waals surface area contributed by atoms with Crippen LogP contribution in [-0.4, -0.2) is 97.5 Å². The normalized spacial score (nSPS) is 19.1. The molecule has 2 unspecified atom stereocenters. The summed E-state index contributed by atoms with van der Waals surface area (Å²) in [5.41, 5.74) is 4.17. The number of rotatable bonds is 9. The molecule has 0 amide bonds. The average Bonchev–Trinajstić information content (AvgIpc) is 3.60. The third-order valence-corrected chi connectivity index (χ3v) is 11.4. The van der Waals surface area contributed by atoms with Crippen molar-refractivity contribution in [2.24, 2.45) is 0 Å². The number of alkyl halides is 3. The molecule has 14 heteroatoms. The van der Waals surface area contributed by atoms with Crippen molar-refractivity contribution in [3.05, 3.63) is 52.3 Å². The number of hydrogen-bond donors (Lipinski definition) is 1. The molecule has 2 aliphatic heterocycles. The summed E-state index contributed by atoms with van der Waals surface area (Å²) in [5.74, 6) is 0.598. The molecule has 0 saturated carbocycles. The lowest BCUT2D eigenvalue weighted by atomic mass is 10.0. The Morgan fingerprint density at radius 1 is 1.09 bits per heavy atom. The number of nitrogens with one attached hydrogen (secondary N) is 1. The molecule has 2 fully saturated rings. The summed E-state index contributed by atoms with van der Waals surface area (Å²) in [7, 11) is 0. The van der Waals surface area contributed by atoms with Crippen LogP contribution in [0.5, 0.6) is 0 Å². The molecule has 0 bridgehead atoms. The van der Waals surface area contributed by atoms with E-state index in [0.29, 0.717) is 21.7 Å². The van der Waals surface area contributed by atoms with E-state index in [1.165, 1.54) is 17.5 Å². The molecule has 0 spiro atoms. The quantitative estimate of drug-likeness (QED) is 0.234. The first-order valence-corrected chi connectivity index (χ1v) is 18.0. The fourth-order valence-corrected chi connectivity index (χ4v) is 8.52. The van der Waals surface area contributed by atoms with E-state index >= 15 is 0 Å². The molecule has 246 valence electrons. The molecular weight excluding hydrogens is 634 g/mol. The highest BCUT2D eigenvalue weighted by atomic mass is 32.2. The zero-order valence-corrected chi connectivity index (χ0v) is 27.9. The van der Waals surface area contributed by atoms with Gasteiger partial charge in [0.1, 0.15) is 35.0 Å². The molecule has 6 rings (SSSR count). The molecule has 2 atom stereocenters. The molecule has 2 aliphatic rings. The minimum absolute atomic E-state index is 0.115. The number of aromatic nitrogens is 3. The van der Waals surface area contributed by atoms with Gasteiger partial charge in [-0.3, -0.25) is 9.80 Å². The Morgan fingerprint density at radius 2 is 1.83 bits per heavy atom. The lowest BCUT2D eigenvalue weighted by Gasteiger charge is -2.35. The number of halogens is 3. The van der Waals surface area contributed by atoms with Crippen LogP contribution in [0.3, 0.4) is 0 Å². The van der Waals surface area contributed by atoms with Crippen molar-refractivity contribution in [3.8, 4) is 6.07 Å². The minimum Gasteiger partial charge on any atom is -0.598 e. The predicted molar refractivity (Wildman–Crippen MR) is 177 cm³/mol. The van der Waals surface area contributed by atoms with E-state index in [-0.39, 0.29) is 17.0 Å². The Kier molecular flexibility index (Phi) is 9.80. The van der Waals surface area contributed by atoms with Gasteiger partial charge in [-0.1, -0.05) is 6.07 Å². The first-order valence-electron chi connectivity index (χ1n) is 15.6. The number of piperazine rings is 1. The Hall–Kier alpha value is -2.93. The fourth-order valence-electron chi connectivity index (χ4n) is 6.82. The highest BCUT2D eigenvalue weighted by Crippen LogP contribution is 2.34. The molecule has 0 aliphatic carbocycles. The molecule has 9 nitrogen and oxygen atoms in total. The van der Waals surface area contributed by atoms with E-state index in [1.54, 1.807) is 12.3 Å². The van der Waals surface area contributed by atoms with E-state index in [1.807, 2.05) is 10.4 Å². The second-order valence-corrected chi connectivity index (χ2v) is 14.9. The van der Waals surface area contributed by atoms with Crippen molar-refractivity contribution in [3.63, 3.8) is 0 Å². The van der Waals surface area contributed by atoms with Crippen LogP contribution in [0.2, 0.25) is 0 Å². The number of hydrogen-bond acceptors (Lipinski definition) is 9. The topological polar surface area (TPSA) is 99.3 Å². The van der Waals surface area contributed by atoms with Crippen LogP contribution < -0.4 is 5.32 Å². The smallest absolute Gasteiger partial charge is 0.393 e. The van der Waals surface area contributed by atoms with E-state index in [2.05, 4.69) is 61.7 Å². The van der Waals surface area contributed by atoms with Crippen molar-refractivity contribution in [1.82, 2.24) is 28.6 Å². The molecule has 2 saturated heterocycles. The van der Waals surface area contributed by atoms with Gasteiger partial charge in [-0.15, -0.1) is 15.6 Å². The summed E-state index contributed by atoms with van der Waals surface area (Å²) in [6.45, 7) is 11.0. The van der Waals surface area contributed by atoms with Gasteiger partial charge in [0.15, 0.2) is 0 Å². The number of aryl methyl sites for hydroxylation is 1. The number of nitrogens with zero attached hydrogens (tertiary/aromatic N) is 7. The monoisotopic (exact) mass is 672 g/mol. The SMILES string of the molecule is Cc1c(CN2CCC(Nc3ncnc4sc(CC(F)(F)F)cc34)CC2)ccc2c1cc(C#N)n2C(C)CN1CCN([S+](C)[O-])CC1. The number of fused-ring (bicyclic) bond motifs is 2. The van der Waals surface area contributed by atoms with Crippen molar-refractivity contribution in [1.29, 1.82) is 5.26 Å². The second kappa shape index (κ2) is 13.7. The maximum Gasteiger partial charge on any atom is 0.393 e. The maximum atomic E-state index is 12.9. The van der Waals surface area contributed by atoms with Crippen LogP contribution in [0.25, 0.3) is 21.1 Å². The number of piperidine rings is 1. The number of likely N-dealkylation sites (tertiary alicyclic amines) is 1. The van der Waals surface area contributed by atoms with Crippen LogP contribution in [0.4, 0.5) is 19.0 Å². The van der Waals surface area contributed by atoms with Crippen LogP contribution >= 0.6 is 11.3 Å². The Bertz CT molecular complexity index is 1720. The van der Waals surface area contributed by atoms with Gasteiger partial charge in [-0.05, 0) is 56.0 Å². The van der Waals surface area contributed by atoms with E-state index in [0.717, 1.165) is 87.4 Å². The van der Waals surface area contributed by atoms with Gasteiger partial charge in [0.2, 0.25) is 0 Å². The van der Waals surface area contributed by atoms with Gasteiger partial charge < -0.3 is 14.4 Å². The molecular formula is C32H39F3N8OS2. The Labute approximate surface area is 274 Å². The fraction of sp³-hybridized carbons (Fsp3) is 0.531. The molecule has 4 aromatic rings. The third-order valence-electron chi connectivity index (χ3n) is 9.25. The summed E-state index contributed by atoms with van der Waals surface area (Å²) in [4.78, 5) is 14.2. The third kappa shape index (κ3) is 7.30. The summed E-state index contributed by atoms with van der Waals surface area (Å²) in [5, 5.41) is 15.3. The number of anilines is 1. The van der Waals surface area contributed by atoms with Gasteiger partial charge in [0.05, 0.1) is 24.9 Å². The van der Waals surface area contributed by atoms with Crippen molar-refractivity contribution >= 4 is 49.6 Å². The van der Waals surface area contributed by atoms with Crippen LogP contribution in [0.15, 0.2) is 30.6 Å². The summed E-state index contributed by atoms with van der Waals surface area (Å²) in [6.07, 6.45) is -0.293. The van der Waals surface area contributed by atoms with Crippen LogP contribution in [0, 0.1) is 18.3 Å². The Balaban J connectivity index is 1.09. The van der Waals surface area contributed by atoms with Crippen molar-refractivity contribution < 1.29 is 17.7 Å². The number of benzene rings is 1. The van der Waals surface area contributed by atoms with Crippen molar-refractivity contribution in [2.75, 3.05) is 57.4 Å². The molecule has 5 heterocycles. The first kappa shape index (κ1) is 33.0. The van der Waals surface area contributed by atoms with E-state index < -0.39 is 24.0 Å². The maximum absolute atomic E-state index is 12.9. The minimum atomic E-state index is -4.26.